The number of rotatable bonds is 3. The van der Waals surface area contributed by atoms with E-state index in [9.17, 15) is 10.2 Å². The molecule has 87 valence electrons. The van der Waals surface area contributed by atoms with Gasteiger partial charge in [-0.05, 0) is 42.8 Å². The van der Waals surface area contributed by atoms with Crippen LogP contribution in [0.5, 0.6) is 11.5 Å². The molecule has 0 spiro atoms. The van der Waals surface area contributed by atoms with Crippen LogP contribution < -0.4 is 5.32 Å². The Labute approximate surface area is 100 Å². The molecule has 0 saturated carbocycles. The fourth-order valence-corrected chi connectivity index (χ4v) is 1.59. The van der Waals surface area contributed by atoms with Gasteiger partial charge in [-0.2, -0.15) is 0 Å². The van der Waals surface area contributed by atoms with Crippen LogP contribution in [-0.2, 0) is 6.54 Å². The molecule has 0 fully saturated rings. The van der Waals surface area contributed by atoms with E-state index in [1.54, 1.807) is 0 Å². The third-order valence-electron chi connectivity index (χ3n) is 2.47. The summed E-state index contributed by atoms with van der Waals surface area (Å²) in [5.74, 6) is 0.312. The quantitative estimate of drug-likeness (QED) is 0.708. The maximum absolute atomic E-state index is 9.60. The average molecular weight is 228 g/mol. The van der Waals surface area contributed by atoms with Crippen LogP contribution >= 0.6 is 0 Å². The molecule has 0 atom stereocenters. The van der Waals surface area contributed by atoms with Crippen LogP contribution in [0.2, 0.25) is 0 Å². The average Bonchev–Trinajstić information content (AvgIpc) is 2.30. The van der Waals surface area contributed by atoms with E-state index in [2.05, 4.69) is 12.2 Å². The topological polar surface area (TPSA) is 52.5 Å². The van der Waals surface area contributed by atoms with Crippen molar-refractivity contribution in [3.05, 3.63) is 60.5 Å². The molecular weight excluding hydrogens is 214 g/mol. The summed E-state index contributed by atoms with van der Waals surface area (Å²) in [6, 6.07) is 12.1. The van der Waals surface area contributed by atoms with E-state index in [0.717, 1.165) is 11.3 Å². The summed E-state index contributed by atoms with van der Waals surface area (Å²) in [5, 5.41) is 22.1. The second kappa shape index (κ2) is 4.78. The lowest BCUT2D eigenvalue weighted by Gasteiger charge is -2.09. The van der Waals surface area contributed by atoms with E-state index in [1.165, 1.54) is 18.2 Å². The Balaban J connectivity index is 2.09. The molecule has 0 aliphatic heterocycles. The lowest BCUT2D eigenvalue weighted by Crippen LogP contribution is -1.99. The van der Waals surface area contributed by atoms with Gasteiger partial charge in [0, 0.05) is 17.8 Å². The molecule has 0 aromatic heterocycles. The Morgan fingerprint density at radius 3 is 2.65 bits per heavy atom. The number of aromatic hydroxyl groups is 2. The molecule has 0 aliphatic rings. The SMILES string of the molecule is [CH2]c1cccc(NCc2cc(O)ccc2O)c1. The Morgan fingerprint density at radius 2 is 1.88 bits per heavy atom. The van der Waals surface area contributed by atoms with Crippen LogP contribution in [0.25, 0.3) is 0 Å². The largest absolute Gasteiger partial charge is 0.508 e. The highest BCUT2D eigenvalue weighted by Crippen LogP contribution is 2.23. The number of phenolic OH excluding ortho intramolecular Hbond substituents is 2. The Kier molecular flexibility index (Phi) is 3.19. The predicted molar refractivity (Wildman–Crippen MR) is 68.0 cm³/mol. The standard InChI is InChI=1S/C14H14NO2/c1-10-3-2-4-12(7-10)15-9-11-8-13(16)5-6-14(11)17/h2-8,15-17H,1,9H2. The second-order valence-electron chi connectivity index (χ2n) is 3.87. The van der Waals surface area contributed by atoms with Gasteiger partial charge in [-0.25, -0.2) is 0 Å². The summed E-state index contributed by atoms with van der Waals surface area (Å²) >= 11 is 0. The first-order valence-electron chi connectivity index (χ1n) is 5.32. The van der Waals surface area contributed by atoms with Crippen LogP contribution in [0, 0.1) is 6.92 Å². The van der Waals surface area contributed by atoms with Gasteiger partial charge < -0.3 is 15.5 Å². The van der Waals surface area contributed by atoms with Crippen molar-refractivity contribution in [3.63, 3.8) is 0 Å². The first-order chi connectivity index (χ1) is 8.15. The number of hydrogen-bond donors (Lipinski definition) is 3. The van der Waals surface area contributed by atoms with Crippen LogP contribution in [-0.4, -0.2) is 10.2 Å². The normalized spacial score (nSPS) is 10.2. The summed E-state index contributed by atoms with van der Waals surface area (Å²) in [6.45, 7) is 4.29. The van der Waals surface area contributed by atoms with Crippen LogP contribution in [0.15, 0.2) is 42.5 Å². The Bertz CT molecular complexity index is 523. The molecule has 3 nitrogen and oxygen atoms in total. The summed E-state index contributed by atoms with van der Waals surface area (Å²) in [5.41, 5.74) is 2.51. The molecule has 0 bridgehead atoms. The zero-order valence-electron chi connectivity index (χ0n) is 9.35. The fraction of sp³-hybridized carbons (Fsp3) is 0.0714. The van der Waals surface area contributed by atoms with Gasteiger partial charge in [0.2, 0.25) is 0 Å². The first kappa shape index (κ1) is 11.3. The number of anilines is 1. The molecule has 3 N–H and O–H groups in total. The lowest BCUT2D eigenvalue weighted by atomic mass is 10.1. The number of phenols is 2. The third-order valence-corrected chi connectivity index (χ3v) is 2.47. The summed E-state index contributed by atoms with van der Waals surface area (Å²) in [7, 11) is 0. The highest BCUT2D eigenvalue weighted by atomic mass is 16.3. The molecule has 0 aliphatic carbocycles. The van der Waals surface area contributed by atoms with Crippen molar-refractivity contribution in [1.82, 2.24) is 0 Å². The minimum atomic E-state index is 0.144. The molecule has 0 heterocycles. The molecule has 1 radical (unpaired) electrons. The van der Waals surface area contributed by atoms with Crippen molar-refractivity contribution in [2.75, 3.05) is 5.32 Å². The Hall–Kier alpha value is -2.16. The molecule has 2 aromatic carbocycles. The van der Waals surface area contributed by atoms with Gasteiger partial charge in [0.15, 0.2) is 0 Å². The lowest BCUT2D eigenvalue weighted by molar-refractivity contribution is 0.455. The van der Waals surface area contributed by atoms with Gasteiger partial charge in [-0.3, -0.25) is 0 Å². The number of benzene rings is 2. The van der Waals surface area contributed by atoms with E-state index in [0.29, 0.717) is 12.1 Å². The van der Waals surface area contributed by atoms with E-state index in [-0.39, 0.29) is 11.5 Å². The number of nitrogens with one attached hydrogen (secondary N) is 1. The van der Waals surface area contributed by atoms with Gasteiger partial charge >= 0.3 is 0 Å². The fourth-order valence-electron chi connectivity index (χ4n) is 1.59. The first-order valence-corrected chi connectivity index (χ1v) is 5.32. The second-order valence-corrected chi connectivity index (χ2v) is 3.87. The van der Waals surface area contributed by atoms with Crippen LogP contribution in [0.1, 0.15) is 11.1 Å². The van der Waals surface area contributed by atoms with Gasteiger partial charge in [-0.1, -0.05) is 12.1 Å². The zero-order valence-corrected chi connectivity index (χ0v) is 9.35. The monoisotopic (exact) mass is 228 g/mol. The zero-order chi connectivity index (χ0) is 12.3. The minimum Gasteiger partial charge on any atom is -0.508 e. The van der Waals surface area contributed by atoms with Crippen LogP contribution in [0.4, 0.5) is 5.69 Å². The van der Waals surface area contributed by atoms with E-state index in [4.69, 9.17) is 0 Å². The smallest absolute Gasteiger partial charge is 0.120 e. The van der Waals surface area contributed by atoms with Gasteiger partial charge in [0.05, 0.1) is 0 Å². The van der Waals surface area contributed by atoms with Crippen LogP contribution in [0.3, 0.4) is 0 Å². The van der Waals surface area contributed by atoms with E-state index in [1.807, 2.05) is 24.3 Å². The van der Waals surface area contributed by atoms with Gasteiger partial charge in [0.1, 0.15) is 11.5 Å². The maximum Gasteiger partial charge on any atom is 0.120 e. The number of hydrogen-bond acceptors (Lipinski definition) is 3. The van der Waals surface area contributed by atoms with E-state index < -0.39 is 0 Å². The molecule has 17 heavy (non-hydrogen) atoms. The molecule has 2 aromatic rings. The van der Waals surface area contributed by atoms with Crippen molar-refractivity contribution in [1.29, 1.82) is 0 Å². The van der Waals surface area contributed by atoms with Crippen molar-refractivity contribution in [3.8, 4) is 11.5 Å². The minimum absolute atomic E-state index is 0.144. The molecule has 0 unspecified atom stereocenters. The van der Waals surface area contributed by atoms with Crippen molar-refractivity contribution in [2.45, 2.75) is 6.54 Å². The predicted octanol–water partition coefficient (Wildman–Crippen LogP) is 2.89. The van der Waals surface area contributed by atoms with Crippen molar-refractivity contribution >= 4 is 5.69 Å². The molecular formula is C14H14NO2. The van der Waals surface area contributed by atoms with Crippen molar-refractivity contribution < 1.29 is 10.2 Å². The third kappa shape index (κ3) is 2.91. The highest BCUT2D eigenvalue weighted by Gasteiger charge is 2.02. The molecule has 2 rings (SSSR count). The molecule has 0 saturated heterocycles. The Morgan fingerprint density at radius 1 is 1.06 bits per heavy atom. The summed E-state index contributed by atoms with van der Waals surface area (Å²) in [6.07, 6.45) is 0. The highest BCUT2D eigenvalue weighted by molar-refractivity contribution is 5.48. The van der Waals surface area contributed by atoms with Gasteiger partial charge in [-0.15, -0.1) is 0 Å². The van der Waals surface area contributed by atoms with E-state index >= 15 is 0 Å². The molecule has 0 amide bonds. The maximum atomic E-state index is 9.60. The summed E-state index contributed by atoms with van der Waals surface area (Å²) in [4.78, 5) is 0. The summed E-state index contributed by atoms with van der Waals surface area (Å²) < 4.78 is 0. The van der Waals surface area contributed by atoms with Gasteiger partial charge in [0.25, 0.3) is 0 Å². The van der Waals surface area contributed by atoms with Crippen molar-refractivity contribution in [2.24, 2.45) is 0 Å². The molecule has 3 heteroatoms.